The van der Waals surface area contributed by atoms with Crippen molar-refractivity contribution in [1.82, 2.24) is 29.9 Å². The van der Waals surface area contributed by atoms with Crippen LogP contribution >= 0.6 is 23.6 Å². The molecule has 0 saturated carbocycles. The molecule has 0 aliphatic rings. The van der Waals surface area contributed by atoms with E-state index in [0.29, 0.717) is 39.6 Å². The standard InChI is InChI=1S/C36H34ClN11O8S2.2Na/c37-31-42-32(38-25-7-3-1-4-8-25)44-33(43-31)41-28-16-14-24(30(22-28)58(52,53)54)12-11-23-13-15-27(21-29(23)57-56-55-51)40-35-45-34(39-26-9-5-2-6-10-26)46-36(47-35)48(17-19-49)18-20-50;;/h1-16,21-22,49-51H,17-20H2,(H,52,53,54)(H2,38,41,42,43,44)(H2,39,40,45,46,47);;/q;2*+1/p-2/b12-11+;;. The number of anilines is 9. The van der Waals surface area contributed by atoms with Gasteiger partial charge in [0.25, 0.3) is 0 Å². The number of nitrogens with zero attached hydrogens (tertiary/aromatic N) is 7. The molecule has 2 heterocycles. The Morgan fingerprint density at radius 1 is 0.667 bits per heavy atom. The molecular weight excluding hydrogens is 860 g/mol. The molecule has 6 aromatic rings. The van der Waals surface area contributed by atoms with Crippen molar-refractivity contribution in [3.63, 3.8) is 0 Å². The van der Waals surface area contributed by atoms with E-state index in [4.69, 9.17) is 11.6 Å². The van der Waals surface area contributed by atoms with E-state index < -0.39 is 15.0 Å². The van der Waals surface area contributed by atoms with Gasteiger partial charge in [0, 0.05) is 40.7 Å². The van der Waals surface area contributed by atoms with Gasteiger partial charge in [0.15, 0.2) is 0 Å². The van der Waals surface area contributed by atoms with E-state index in [9.17, 15) is 28.4 Å². The maximum Gasteiger partial charge on any atom is 1.00 e. The second kappa shape index (κ2) is 23.8. The quantitative estimate of drug-likeness (QED) is 0.0139. The Morgan fingerprint density at radius 2 is 1.13 bits per heavy atom. The van der Waals surface area contributed by atoms with Gasteiger partial charge in [-0.25, -0.2) is 8.42 Å². The Bertz CT molecular complexity index is 2470. The second-order valence-electron chi connectivity index (χ2n) is 11.7. The fourth-order valence-corrected chi connectivity index (χ4v) is 6.58. The number of hydrogen-bond acceptors (Lipinski definition) is 20. The van der Waals surface area contributed by atoms with Crippen molar-refractivity contribution < 1.29 is 96.9 Å². The first-order chi connectivity index (χ1) is 28.1. The number of para-hydroxylation sites is 2. The molecule has 0 bridgehead atoms. The average molecular weight is 892 g/mol. The van der Waals surface area contributed by atoms with E-state index in [2.05, 4.69) is 60.5 Å². The molecule has 0 saturated heterocycles. The molecule has 0 atom stereocenters. The molecule has 0 unspecified atom stereocenters. The molecule has 60 heavy (non-hydrogen) atoms. The summed E-state index contributed by atoms with van der Waals surface area (Å²) in [6.07, 6.45) is 2.91. The van der Waals surface area contributed by atoms with Gasteiger partial charge in [0.1, 0.15) is 10.1 Å². The van der Waals surface area contributed by atoms with Gasteiger partial charge in [-0.1, -0.05) is 60.7 Å². The monoisotopic (exact) mass is 891 g/mol. The third kappa shape index (κ3) is 14.3. The SMILES string of the molecule is O=S(=O)([O-])c1cc(Nc2nc(Cl)nc(Nc3ccccc3)n2)ccc1/C=C/c1ccc(Nc2nc(Nc3ccccc3)nc(N(CCO)CCO)n2)cc1SOO[O-].[Na+].[Na+]. The zero-order valence-electron chi connectivity index (χ0n) is 31.9. The number of aliphatic hydroxyl groups is 2. The predicted molar refractivity (Wildman–Crippen MR) is 215 cm³/mol. The molecule has 0 amide bonds. The van der Waals surface area contributed by atoms with Gasteiger partial charge in [-0.2, -0.15) is 34.2 Å². The van der Waals surface area contributed by atoms with Crippen molar-refractivity contribution in [2.45, 2.75) is 9.79 Å². The molecular formula is C36H32ClN11Na2O8S2. The van der Waals surface area contributed by atoms with E-state index in [1.54, 1.807) is 35.2 Å². The molecule has 0 aliphatic carbocycles. The van der Waals surface area contributed by atoms with Gasteiger partial charge >= 0.3 is 59.1 Å². The fourth-order valence-electron chi connectivity index (χ4n) is 5.21. The minimum absolute atomic E-state index is 0. The van der Waals surface area contributed by atoms with Crippen LogP contribution in [-0.4, -0.2) is 79.4 Å². The number of aliphatic hydroxyl groups excluding tert-OH is 2. The van der Waals surface area contributed by atoms with Crippen molar-refractivity contribution in [1.29, 1.82) is 0 Å². The first-order valence-electron chi connectivity index (χ1n) is 17.0. The third-order valence-corrected chi connectivity index (χ3v) is 9.44. The van der Waals surface area contributed by atoms with Crippen LogP contribution in [0.3, 0.4) is 0 Å². The Kier molecular flexibility index (Phi) is 19.3. The summed E-state index contributed by atoms with van der Waals surface area (Å²) in [6.45, 7) is -0.166. The smallest absolute Gasteiger partial charge is 0.744 e. The summed E-state index contributed by atoms with van der Waals surface area (Å²) in [7, 11) is -5.01. The molecule has 0 aliphatic heterocycles. The van der Waals surface area contributed by atoms with Crippen LogP contribution in [-0.2, 0) is 19.5 Å². The summed E-state index contributed by atoms with van der Waals surface area (Å²) in [5, 5.41) is 45.5. The number of aromatic nitrogens is 6. The van der Waals surface area contributed by atoms with Crippen molar-refractivity contribution in [2.24, 2.45) is 0 Å². The largest absolute Gasteiger partial charge is 1.00 e. The van der Waals surface area contributed by atoms with Crippen molar-refractivity contribution >= 4 is 98.4 Å². The maximum atomic E-state index is 12.5. The topological polar surface area (TPSA) is 268 Å². The van der Waals surface area contributed by atoms with Crippen LogP contribution in [0.4, 0.5) is 52.5 Å². The van der Waals surface area contributed by atoms with E-state index >= 15 is 0 Å². The summed E-state index contributed by atoms with van der Waals surface area (Å²) >= 11 is 6.68. The van der Waals surface area contributed by atoms with Crippen LogP contribution in [0, 0.1) is 0 Å². The minimum Gasteiger partial charge on any atom is -0.744 e. The van der Waals surface area contributed by atoms with Gasteiger partial charge in [-0.05, 0) is 71.3 Å². The number of benzene rings is 4. The van der Waals surface area contributed by atoms with E-state index in [0.717, 1.165) is 6.07 Å². The zero-order valence-corrected chi connectivity index (χ0v) is 38.3. The van der Waals surface area contributed by atoms with E-state index in [-0.39, 0.29) is 132 Å². The summed E-state index contributed by atoms with van der Waals surface area (Å²) < 4.78 is 42.0. The summed E-state index contributed by atoms with van der Waals surface area (Å²) in [5.74, 6) is 0.535. The van der Waals surface area contributed by atoms with Crippen LogP contribution in [0.2, 0.25) is 5.28 Å². The average Bonchev–Trinajstić information content (AvgIpc) is 3.20. The van der Waals surface area contributed by atoms with Crippen LogP contribution in [0.25, 0.3) is 12.2 Å². The van der Waals surface area contributed by atoms with Gasteiger partial charge < -0.3 is 46.2 Å². The molecule has 300 valence electrons. The van der Waals surface area contributed by atoms with Crippen molar-refractivity contribution in [3.8, 4) is 0 Å². The molecule has 2 aromatic heterocycles. The number of rotatable bonds is 19. The molecule has 0 radical (unpaired) electrons. The summed E-state index contributed by atoms with van der Waals surface area (Å²) in [4.78, 5) is 27.1. The zero-order chi connectivity index (χ0) is 40.9. The fraction of sp³-hybridized carbons (Fsp3) is 0.111. The van der Waals surface area contributed by atoms with Crippen molar-refractivity contribution in [2.75, 3.05) is 52.5 Å². The van der Waals surface area contributed by atoms with Gasteiger partial charge in [-0.3, -0.25) is 5.04 Å². The van der Waals surface area contributed by atoms with Crippen LogP contribution in [0.15, 0.2) is 107 Å². The van der Waals surface area contributed by atoms with Crippen molar-refractivity contribution in [3.05, 3.63) is 113 Å². The first-order valence-corrected chi connectivity index (χ1v) is 19.5. The summed E-state index contributed by atoms with van der Waals surface area (Å²) in [5.41, 5.74) is 2.46. The van der Waals surface area contributed by atoms with Gasteiger partial charge in [0.05, 0.1) is 30.2 Å². The Hall–Kier alpha value is -4.01. The molecule has 0 fully saturated rings. The number of nitrogens with one attached hydrogen (secondary N) is 4. The second-order valence-corrected chi connectivity index (χ2v) is 14.1. The molecule has 4 aromatic carbocycles. The molecule has 6 rings (SSSR count). The Labute approximate surface area is 397 Å². The minimum atomic E-state index is -5.01. The van der Waals surface area contributed by atoms with Crippen LogP contribution in [0.1, 0.15) is 11.1 Å². The normalized spacial score (nSPS) is 11.0. The summed E-state index contributed by atoms with van der Waals surface area (Å²) in [6, 6.07) is 27.1. The maximum absolute atomic E-state index is 12.5. The predicted octanol–water partition coefficient (Wildman–Crippen LogP) is -1.21. The van der Waals surface area contributed by atoms with Crippen LogP contribution in [0.5, 0.6) is 0 Å². The first kappa shape index (κ1) is 48.7. The third-order valence-electron chi connectivity index (χ3n) is 7.72. The van der Waals surface area contributed by atoms with E-state index in [1.807, 2.05) is 48.5 Å². The van der Waals surface area contributed by atoms with E-state index in [1.165, 1.54) is 24.3 Å². The molecule has 19 nitrogen and oxygen atoms in total. The number of hydrogen-bond donors (Lipinski definition) is 6. The van der Waals surface area contributed by atoms with Gasteiger partial charge in [0.2, 0.25) is 35.0 Å². The van der Waals surface area contributed by atoms with Crippen LogP contribution < -0.4 is 90.5 Å². The van der Waals surface area contributed by atoms with Gasteiger partial charge in [-0.15, -0.1) is 0 Å². The molecule has 24 heteroatoms. The molecule has 6 N–H and O–H groups in total. The molecule has 0 spiro atoms. The Morgan fingerprint density at radius 3 is 1.63 bits per heavy atom. The number of halogens is 1. The Balaban J connectivity index is 0.00000397.